The highest BCUT2D eigenvalue weighted by molar-refractivity contribution is 7.98. The van der Waals surface area contributed by atoms with Gasteiger partial charge >= 0.3 is 0 Å². The number of aromatic nitrogens is 2. The van der Waals surface area contributed by atoms with Crippen molar-refractivity contribution in [3.8, 4) is 0 Å². The van der Waals surface area contributed by atoms with Crippen molar-refractivity contribution >= 4 is 28.6 Å². The van der Waals surface area contributed by atoms with Gasteiger partial charge in [-0.2, -0.15) is 0 Å². The van der Waals surface area contributed by atoms with Crippen LogP contribution in [-0.4, -0.2) is 21.6 Å². The number of carbonyl (C=O) groups excluding carboxylic acids is 1. The van der Waals surface area contributed by atoms with Crippen molar-refractivity contribution in [2.24, 2.45) is 0 Å². The molecule has 3 rings (SSSR count). The lowest BCUT2D eigenvalue weighted by Crippen LogP contribution is -2.17. The zero-order valence-corrected chi connectivity index (χ0v) is 12.8. The molecule has 4 heteroatoms. The number of carbonyl (C=O) groups is 1. The van der Waals surface area contributed by atoms with Crippen molar-refractivity contribution < 1.29 is 4.79 Å². The summed E-state index contributed by atoms with van der Waals surface area (Å²) in [7, 11) is 0. The minimum atomic E-state index is -0.276. The highest BCUT2D eigenvalue weighted by atomic mass is 32.2. The summed E-state index contributed by atoms with van der Waals surface area (Å²) >= 11 is 1.56. The molecular formula is C17H16N2OS. The lowest BCUT2D eigenvalue weighted by Gasteiger charge is -2.15. The van der Waals surface area contributed by atoms with Gasteiger partial charge in [-0.1, -0.05) is 54.2 Å². The van der Waals surface area contributed by atoms with Crippen LogP contribution in [0.15, 0.2) is 59.8 Å². The smallest absolute Gasteiger partial charge is 0.185 e. The molecule has 0 spiro atoms. The number of hydrogen-bond acceptors (Lipinski definition) is 3. The zero-order valence-electron chi connectivity index (χ0n) is 12.0. The summed E-state index contributed by atoms with van der Waals surface area (Å²) in [6.45, 7) is 1.93. The van der Waals surface area contributed by atoms with Gasteiger partial charge in [0.2, 0.25) is 0 Å². The van der Waals surface area contributed by atoms with E-state index in [0.29, 0.717) is 0 Å². The third-order valence-corrected chi connectivity index (χ3v) is 4.22. The van der Waals surface area contributed by atoms with Crippen LogP contribution in [0.3, 0.4) is 0 Å². The third kappa shape index (κ3) is 2.47. The summed E-state index contributed by atoms with van der Waals surface area (Å²) < 4.78 is 2.02. The normalized spacial score (nSPS) is 12.5. The van der Waals surface area contributed by atoms with E-state index >= 15 is 0 Å². The minimum absolute atomic E-state index is 0.106. The molecule has 1 heterocycles. The topological polar surface area (TPSA) is 34.9 Å². The lowest BCUT2D eigenvalue weighted by molar-refractivity contribution is 0.0932. The Balaban J connectivity index is 2.09. The number of benzene rings is 2. The number of thioether (sulfide) groups is 1. The summed E-state index contributed by atoms with van der Waals surface area (Å²) in [6.07, 6.45) is 1.98. The first-order valence-corrected chi connectivity index (χ1v) is 8.05. The van der Waals surface area contributed by atoms with Crippen LogP contribution in [-0.2, 0) is 0 Å². The average Bonchev–Trinajstić information content (AvgIpc) is 2.92. The molecule has 106 valence electrons. The van der Waals surface area contributed by atoms with Gasteiger partial charge in [0.25, 0.3) is 0 Å². The molecule has 1 unspecified atom stereocenters. The molecule has 21 heavy (non-hydrogen) atoms. The second kappa shape index (κ2) is 5.74. The molecule has 0 saturated heterocycles. The van der Waals surface area contributed by atoms with Crippen LogP contribution in [0.1, 0.15) is 23.3 Å². The fourth-order valence-electron chi connectivity index (χ4n) is 2.50. The molecule has 0 aliphatic heterocycles. The second-order valence-corrected chi connectivity index (χ2v) is 5.64. The number of hydrogen-bond donors (Lipinski definition) is 0. The Labute approximate surface area is 128 Å². The number of fused-ring (bicyclic) bond motifs is 1. The van der Waals surface area contributed by atoms with E-state index in [1.165, 1.54) is 0 Å². The van der Waals surface area contributed by atoms with Gasteiger partial charge in [-0.25, -0.2) is 4.98 Å². The summed E-state index contributed by atoms with van der Waals surface area (Å²) in [4.78, 5) is 17.3. The van der Waals surface area contributed by atoms with E-state index < -0.39 is 0 Å². The molecule has 0 aliphatic carbocycles. The Hall–Kier alpha value is -2.07. The Bertz CT molecular complexity index is 780. The Morgan fingerprint density at radius 2 is 1.76 bits per heavy atom. The molecule has 0 aliphatic rings. The highest BCUT2D eigenvalue weighted by Crippen LogP contribution is 2.28. The number of imidazole rings is 1. The van der Waals surface area contributed by atoms with Gasteiger partial charge in [-0.3, -0.25) is 4.79 Å². The average molecular weight is 296 g/mol. The van der Waals surface area contributed by atoms with Gasteiger partial charge in [0.05, 0.1) is 17.1 Å². The molecule has 3 nitrogen and oxygen atoms in total. The lowest BCUT2D eigenvalue weighted by atomic mass is 10.1. The van der Waals surface area contributed by atoms with Gasteiger partial charge in [-0.15, -0.1) is 0 Å². The zero-order chi connectivity index (χ0) is 14.8. The second-order valence-electron chi connectivity index (χ2n) is 4.86. The van der Waals surface area contributed by atoms with Crippen LogP contribution in [0.25, 0.3) is 11.0 Å². The summed E-state index contributed by atoms with van der Waals surface area (Å²) in [5, 5.41) is 0.869. The molecule has 2 aromatic carbocycles. The molecule has 0 N–H and O–H groups in total. The van der Waals surface area contributed by atoms with E-state index in [2.05, 4.69) is 4.98 Å². The molecular weight excluding hydrogens is 280 g/mol. The maximum atomic E-state index is 12.7. The molecule has 0 bridgehead atoms. The van der Waals surface area contributed by atoms with E-state index in [0.717, 1.165) is 21.8 Å². The van der Waals surface area contributed by atoms with Gasteiger partial charge in [-0.05, 0) is 25.3 Å². The van der Waals surface area contributed by atoms with Crippen molar-refractivity contribution in [1.29, 1.82) is 0 Å². The van der Waals surface area contributed by atoms with Crippen LogP contribution in [0.2, 0.25) is 0 Å². The molecule has 1 atom stereocenters. The van der Waals surface area contributed by atoms with Crippen LogP contribution >= 0.6 is 11.8 Å². The van der Waals surface area contributed by atoms with E-state index in [1.807, 2.05) is 72.3 Å². The standard InChI is InChI=1S/C17H16N2OS/c1-12(16(20)13-8-4-3-5-9-13)19-15-11-7-6-10-14(15)18-17(19)21-2/h3-12H,1-2H3. The molecule has 0 radical (unpaired) electrons. The Morgan fingerprint density at radius 3 is 2.48 bits per heavy atom. The first-order valence-electron chi connectivity index (χ1n) is 6.82. The maximum Gasteiger partial charge on any atom is 0.185 e. The van der Waals surface area contributed by atoms with Crippen LogP contribution in [0.5, 0.6) is 0 Å². The molecule has 1 aromatic heterocycles. The van der Waals surface area contributed by atoms with E-state index in [4.69, 9.17) is 0 Å². The van der Waals surface area contributed by atoms with Gasteiger partial charge in [0.1, 0.15) is 0 Å². The SMILES string of the molecule is CSc1nc2ccccc2n1C(C)C(=O)c1ccccc1. The number of rotatable bonds is 4. The quantitative estimate of drug-likeness (QED) is 0.534. The van der Waals surface area contributed by atoms with Crippen molar-refractivity contribution in [3.63, 3.8) is 0 Å². The van der Waals surface area contributed by atoms with Crippen molar-refractivity contribution in [2.75, 3.05) is 6.26 Å². The maximum absolute atomic E-state index is 12.7. The molecule has 3 aromatic rings. The first-order chi connectivity index (χ1) is 10.2. The number of nitrogens with zero attached hydrogens (tertiary/aromatic N) is 2. The Kier molecular flexibility index (Phi) is 3.80. The first kappa shape index (κ1) is 13.9. The van der Waals surface area contributed by atoms with Crippen molar-refractivity contribution in [2.45, 2.75) is 18.1 Å². The van der Waals surface area contributed by atoms with E-state index in [-0.39, 0.29) is 11.8 Å². The van der Waals surface area contributed by atoms with Crippen molar-refractivity contribution in [3.05, 3.63) is 60.2 Å². The number of Topliss-reactive ketones (excluding diaryl/α,β-unsaturated/α-hetero) is 1. The van der Waals surface area contributed by atoms with E-state index in [9.17, 15) is 4.79 Å². The Morgan fingerprint density at radius 1 is 1.10 bits per heavy atom. The van der Waals surface area contributed by atoms with Gasteiger partial charge < -0.3 is 4.57 Å². The number of ketones is 1. The van der Waals surface area contributed by atoms with Crippen LogP contribution < -0.4 is 0 Å². The largest absolute Gasteiger partial charge is 0.308 e. The highest BCUT2D eigenvalue weighted by Gasteiger charge is 2.22. The minimum Gasteiger partial charge on any atom is -0.308 e. The summed E-state index contributed by atoms with van der Waals surface area (Å²) in [6, 6.07) is 17.1. The fraction of sp³-hybridized carbons (Fsp3) is 0.176. The number of para-hydroxylation sites is 2. The molecule has 0 amide bonds. The fourth-order valence-corrected chi connectivity index (χ4v) is 3.14. The summed E-state index contributed by atoms with van der Waals surface area (Å²) in [5.74, 6) is 0.106. The molecule has 0 saturated carbocycles. The van der Waals surface area contributed by atoms with E-state index in [1.54, 1.807) is 11.8 Å². The third-order valence-electron chi connectivity index (χ3n) is 3.57. The summed E-state index contributed by atoms with van der Waals surface area (Å²) in [5.41, 5.74) is 2.66. The monoisotopic (exact) mass is 296 g/mol. The van der Waals surface area contributed by atoms with Crippen LogP contribution in [0.4, 0.5) is 0 Å². The van der Waals surface area contributed by atoms with Gasteiger partial charge in [0.15, 0.2) is 10.9 Å². The molecule has 0 fully saturated rings. The predicted molar refractivity (Wildman–Crippen MR) is 87.0 cm³/mol. The van der Waals surface area contributed by atoms with Crippen LogP contribution in [0, 0.1) is 0 Å². The van der Waals surface area contributed by atoms with Crippen molar-refractivity contribution in [1.82, 2.24) is 9.55 Å². The van der Waals surface area contributed by atoms with Gasteiger partial charge in [0, 0.05) is 5.56 Å². The predicted octanol–water partition coefficient (Wildman–Crippen LogP) is 4.20.